The number of fused-ring (bicyclic) bond motifs is 1. The summed E-state index contributed by atoms with van der Waals surface area (Å²) in [7, 11) is -2.51. The standard InChI is InChI=1S/C31H40ClF2NO4Si/c1-9-39-29(37)22-18-35(26(30(2,3)4)13-14-31(5,6)40(7,8)38)25-17-24(33)20(16-21(25)28(22)36)15-19-11-10-12-23(32)27(19)34/h10-12,16-18,26,38H,9,13-15H2,1-8H3/t26-/m1/s1. The number of aromatic nitrogens is 1. The number of ether oxygens (including phenoxy) is 1. The molecule has 0 aliphatic carbocycles. The molecule has 218 valence electrons. The Bertz CT molecular complexity index is 1470. The molecule has 0 spiro atoms. The maximum atomic E-state index is 15.6. The van der Waals surface area contributed by atoms with Crippen LogP contribution in [0.1, 0.15) is 81.9 Å². The van der Waals surface area contributed by atoms with E-state index in [0.717, 1.165) is 0 Å². The molecule has 0 saturated carbocycles. The number of rotatable bonds is 9. The van der Waals surface area contributed by atoms with E-state index in [0.29, 0.717) is 18.4 Å². The van der Waals surface area contributed by atoms with Crippen LogP contribution in [0.2, 0.25) is 23.2 Å². The highest BCUT2D eigenvalue weighted by atomic mass is 35.5. The fourth-order valence-electron chi connectivity index (χ4n) is 4.85. The minimum absolute atomic E-state index is 0.0734. The Labute approximate surface area is 241 Å². The van der Waals surface area contributed by atoms with Gasteiger partial charge in [0.1, 0.15) is 17.2 Å². The molecule has 1 atom stereocenters. The smallest absolute Gasteiger partial charge is 0.343 e. The topological polar surface area (TPSA) is 68.5 Å². The lowest BCUT2D eigenvalue weighted by molar-refractivity contribution is 0.0523. The number of halogens is 3. The predicted octanol–water partition coefficient (Wildman–Crippen LogP) is 8.05. The summed E-state index contributed by atoms with van der Waals surface area (Å²) in [6.07, 6.45) is 2.65. The molecule has 0 unspecified atom stereocenters. The second-order valence-electron chi connectivity index (χ2n) is 12.7. The lowest BCUT2D eigenvalue weighted by Gasteiger charge is -2.40. The van der Waals surface area contributed by atoms with Crippen molar-refractivity contribution in [2.75, 3.05) is 6.61 Å². The molecule has 1 N–H and O–H groups in total. The van der Waals surface area contributed by atoms with Crippen molar-refractivity contribution in [1.29, 1.82) is 0 Å². The maximum Gasteiger partial charge on any atom is 0.343 e. The molecular formula is C31H40ClF2NO4Si. The molecule has 0 saturated heterocycles. The molecule has 1 heterocycles. The van der Waals surface area contributed by atoms with E-state index in [1.54, 1.807) is 17.6 Å². The molecule has 0 aliphatic heterocycles. The van der Waals surface area contributed by atoms with Gasteiger partial charge in [-0.05, 0) is 72.6 Å². The molecule has 0 aliphatic rings. The summed E-state index contributed by atoms with van der Waals surface area (Å²) >= 11 is 5.93. The zero-order valence-corrected chi connectivity index (χ0v) is 26.4. The Hall–Kier alpha value is -2.55. The Kier molecular flexibility index (Phi) is 9.39. The van der Waals surface area contributed by atoms with Gasteiger partial charge in [-0.25, -0.2) is 13.6 Å². The normalized spacial score (nSPS) is 13.5. The van der Waals surface area contributed by atoms with Crippen LogP contribution in [0.5, 0.6) is 0 Å². The molecule has 3 rings (SSSR count). The average Bonchev–Trinajstić information content (AvgIpc) is 2.82. The molecule has 2 aromatic carbocycles. The highest BCUT2D eigenvalue weighted by molar-refractivity contribution is 6.72. The van der Waals surface area contributed by atoms with Crippen LogP contribution in [0.4, 0.5) is 8.78 Å². The van der Waals surface area contributed by atoms with Crippen molar-refractivity contribution in [2.24, 2.45) is 5.41 Å². The molecule has 1 aromatic heterocycles. The molecule has 0 amide bonds. The summed E-state index contributed by atoms with van der Waals surface area (Å²) in [6, 6.07) is 6.95. The summed E-state index contributed by atoms with van der Waals surface area (Å²) < 4.78 is 37.3. The van der Waals surface area contributed by atoms with Crippen LogP contribution >= 0.6 is 11.6 Å². The Morgan fingerprint density at radius 1 is 1.12 bits per heavy atom. The van der Waals surface area contributed by atoms with Gasteiger partial charge in [0.15, 0.2) is 8.32 Å². The first-order chi connectivity index (χ1) is 18.4. The van der Waals surface area contributed by atoms with Crippen molar-refractivity contribution in [3.8, 4) is 0 Å². The highest BCUT2D eigenvalue weighted by Crippen LogP contribution is 2.45. The fourth-order valence-corrected chi connectivity index (χ4v) is 5.80. The molecular weight excluding hydrogens is 552 g/mol. The largest absolute Gasteiger partial charge is 0.462 e. The van der Waals surface area contributed by atoms with Crippen LogP contribution in [0, 0.1) is 17.0 Å². The first-order valence-electron chi connectivity index (χ1n) is 13.6. The van der Waals surface area contributed by atoms with Gasteiger partial charge in [-0.3, -0.25) is 4.79 Å². The van der Waals surface area contributed by atoms with E-state index < -0.39 is 31.3 Å². The van der Waals surface area contributed by atoms with Crippen molar-refractivity contribution in [2.45, 2.75) is 85.0 Å². The number of nitrogens with zero attached hydrogens (tertiary/aromatic N) is 1. The van der Waals surface area contributed by atoms with Gasteiger partial charge in [-0.1, -0.05) is 58.4 Å². The molecule has 3 aromatic rings. The second kappa shape index (κ2) is 11.7. The monoisotopic (exact) mass is 591 g/mol. The van der Waals surface area contributed by atoms with E-state index in [1.807, 2.05) is 47.7 Å². The molecule has 0 fully saturated rings. The van der Waals surface area contributed by atoms with E-state index in [-0.39, 0.29) is 56.6 Å². The first-order valence-corrected chi connectivity index (χ1v) is 16.9. The number of hydrogen-bond donors (Lipinski definition) is 1. The zero-order valence-electron chi connectivity index (χ0n) is 24.6. The van der Waals surface area contributed by atoms with Gasteiger partial charge in [0.2, 0.25) is 5.43 Å². The van der Waals surface area contributed by atoms with Crippen LogP contribution in [0.25, 0.3) is 10.9 Å². The number of hydrogen-bond acceptors (Lipinski definition) is 4. The molecule has 0 radical (unpaired) electrons. The van der Waals surface area contributed by atoms with E-state index >= 15 is 4.39 Å². The minimum Gasteiger partial charge on any atom is -0.462 e. The average molecular weight is 592 g/mol. The van der Waals surface area contributed by atoms with Crippen molar-refractivity contribution in [1.82, 2.24) is 4.57 Å². The van der Waals surface area contributed by atoms with Crippen molar-refractivity contribution in [3.63, 3.8) is 0 Å². The number of pyridine rings is 1. The van der Waals surface area contributed by atoms with Gasteiger partial charge in [0, 0.05) is 24.0 Å². The Balaban J connectivity index is 2.27. The van der Waals surface area contributed by atoms with Gasteiger partial charge >= 0.3 is 5.97 Å². The van der Waals surface area contributed by atoms with Crippen molar-refractivity contribution < 1.29 is 23.1 Å². The van der Waals surface area contributed by atoms with Gasteiger partial charge in [0.05, 0.1) is 17.1 Å². The van der Waals surface area contributed by atoms with Gasteiger partial charge in [-0.2, -0.15) is 0 Å². The second-order valence-corrected chi connectivity index (χ2v) is 17.6. The summed E-state index contributed by atoms with van der Waals surface area (Å²) in [6.45, 7) is 15.8. The van der Waals surface area contributed by atoms with Gasteiger partial charge in [0.25, 0.3) is 0 Å². The molecule has 0 bridgehead atoms. The minimum atomic E-state index is -2.51. The van der Waals surface area contributed by atoms with E-state index in [1.165, 1.54) is 30.5 Å². The van der Waals surface area contributed by atoms with Gasteiger partial charge in [-0.15, -0.1) is 0 Å². The first kappa shape index (κ1) is 32.0. The predicted molar refractivity (Wildman–Crippen MR) is 160 cm³/mol. The molecule has 40 heavy (non-hydrogen) atoms. The summed E-state index contributed by atoms with van der Waals surface area (Å²) in [5.74, 6) is -2.00. The number of esters is 1. The quantitative estimate of drug-likeness (QED) is 0.202. The summed E-state index contributed by atoms with van der Waals surface area (Å²) in [5.41, 5.74) is -0.438. The fraction of sp³-hybridized carbons (Fsp3) is 0.484. The van der Waals surface area contributed by atoms with Crippen molar-refractivity contribution in [3.05, 3.63) is 80.1 Å². The van der Waals surface area contributed by atoms with E-state index in [4.69, 9.17) is 16.3 Å². The maximum absolute atomic E-state index is 15.6. The van der Waals surface area contributed by atoms with Crippen LogP contribution in [0.3, 0.4) is 0 Å². The third-order valence-electron chi connectivity index (χ3n) is 8.14. The third-order valence-corrected chi connectivity index (χ3v) is 12.0. The third kappa shape index (κ3) is 6.66. The SMILES string of the molecule is CCOC(=O)c1cn([C@H](CCC(C)(C)[Si](C)(C)O)C(C)(C)C)c2cc(F)c(Cc3cccc(Cl)c3F)cc2c1=O. The van der Waals surface area contributed by atoms with Crippen LogP contribution < -0.4 is 5.43 Å². The molecule has 9 heteroatoms. The molecule has 5 nitrogen and oxygen atoms in total. The van der Waals surface area contributed by atoms with Crippen molar-refractivity contribution >= 4 is 36.8 Å². The van der Waals surface area contributed by atoms with E-state index in [2.05, 4.69) is 0 Å². The van der Waals surface area contributed by atoms with E-state index in [9.17, 15) is 18.8 Å². The Morgan fingerprint density at radius 2 is 1.77 bits per heavy atom. The summed E-state index contributed by atoms with van der Waals surface area (Å²) in [4.78, 5) is 37.4. The highest BCUT2D eigenvalue weighted by Gasteiger charge is 2.39. The lowest BCUT2D eigenvalue weighted by atomic mass is 9.82. The zero-order chi connectivity index (χ0) is 30.2. The Morgan fingerprint density at radius 3 is 2.35 bits per heavy atom. The lowest BCUT2D eigenvalue weighted by Crippen LogP contribution is -2.40. The van der Waals surface area contributed by atoms with Crippen LogP contribution in [-0.4, -0.2) is 30.3 Å². The van der Waals surface area contributed by atoms with Gasteiger partial charge < -0.3 is 14.1 Å². The summed E-state index contributed by atoms with van der Waals surface area (Å²) in [5, 5.41) is -0.236. The number of carbonyl (C=O) groups is 1. The van der Waals surface area contributed by atoms with Crippen LogP contribution in [-0.2, 0) is 11.2 Å². The van der Waals surface area contributed by atoms with Crippen LogP contribution in [0.15, 0.2) is 41.3 Å². The number of carbonyl (C=O) groups excluding carboxylic acids is 1. The number of benzene rings is 2.